The maximum absolute atomic E-state index is 11.5. The smallest absolute Gasteiger partial charge is 0.334 e. The molecule has 1 unspecified atom stereocenters. The molecule has 0 spiro atoms. The number of aromatic nitrogens is 3. The number of ether oxygens (including phenoxy) is 3. The molecule has 142 valence electrons. The molecular weight excluding hydrogens is 356 g/mol. The van der Waals surface area contributed by atoms with Crippen LogP contribution in [0.15, 0.2) is 42.3 Å². The van der Waals surface area contributed by atoms with Crippen molar-refractivity contribution in [2.45, 2.75) is 12.6 Å². The lowest BCUT2D eigenvalue weighted by Crippen LogP contribution is -2.36. The van der Waals surface area contributed by atoms with Crippen LogP contribution in [-0.4, -0.2) is 53.1 Å². The lowest BCUT2D eigenvalue weighted by atomic mass is 10.2. The Hall–Kier alpha value is -3.40. The highest BCUT2D eigenvalue weighted by Gasteiger charge is 2.35. The zero-order chi connectivity index (χ0) is 19.2. The summed E-state index contributed by atoms with van der Waals surface area (Å²) in [4.78, 5) is 21.2. The zero-order valence-corrected chi connectivity index (χ0v) is 14.7. The fourth-order valence-corrected chi connectivity index (χ4v) is 2.37. The number of hydrogen-bond donors (Lipinski definition) is 1. The highest BCUT2D eigenvalue weighted by Crippen LogP contribution is 2.31. The van der Waals surface area contributed by atoms with Gasteiger partial charge in [-0.1, -0.05) is 6.07 Å². The van der Waals surface area contributed by atoms with E-state index in [9.17, 15) is 9.90 Å². The van der Waals surface area contributed by atoms with Gasteiger partial charge in [-0.3, -0.25) is 4.98 Å². The number of carboxylic acids is 1. The van der Waals surface area contributed by atoms with Crippen molar-refractivity contribution >= 4 is 11.8 Å². The second kappa shape index (κ2) is 8.32. The summed E-state index contributed by atoms with van der Waals surface area (Å²) >= 11 is 0. The molecule has 1 aliphatic rings. The van der Waals surface area contributed by atoms with Crippen LogP contribution >= 0.6 is 0 Å². The third kappa shape index (κ3) is 4.23. The van der Waals surface area contributed by atoms with Crippen molar-refractivity contribution in [1.29, 1.82) is 0 Å². The van der Waals surface area contributed by atoms with Crippen LogP contribution in [0.25, 0.3) is 0 Å². The summed E-state index contributed by atoms with van der Waals surface area (Å²) in [6.07, 6.45) is 3.09. The van der Waals surface area contributed by atoms with E-state index in [4.69, 9.17) is 19.0 Å². The normalized spacial score (nSPS) is 15.9. The molecule has 27 heavy (non-hydrogen) atoms. The molecule has 2 aromatic rings. The maximum atomic E-state index is 11.5. The minimum absolute atomic E-state index is 0.135. The minimum atomic E-state index is -1.10. The standard InChI is InChI=1S/C17H18N4O6/c1-24-10-12-7-13(17(22)23)21(27-12)15-8-14(25-2)16(20-19-15)26-9-11-5-3-4-6-18-11/h3-8,13H,9-10H2,1-2H3,(H,22,23). The molecule has 0 saturated carbocycles. The molecule has 0 bridgehead atoms. The summed E-state index contributed by atoms with van der Waals surface area (Å²) in [5.74, 6) is -0.141. The summed E-state index contributed by atoms with van der Waals surface area (Å²) < 4.78 is 15.9. The SMILES string of the molecule is COCC1=CC(C(=O)O)N(c2cc(OC)c(OCc3ccccn3)nn2)O1. The first-order valence-electron chi connectivity index (χ1n) is 7.96. The van der Waals surface area contributed by atoms with Gasteiger partial charge in [-0.25, -0.2) is 4.79 Å². The molecular formula is C17H18N4O6. The van der Waals surface area contributed by atoms with Gasteiger partial charge >= 0.3 is 5.97 Å². The Balaban J connectivity index is 1.78. The Morgan fingerprint density at radius 2 is 2.15 bits per heavy atom. The summed E-state index contributed by atoms with van der Waals surface area (Å²) in [6.45, 7) is 0.318. The van der Waals surface area contributed by atoms with E-state index in [0.717, 1.165) is 5.06 Å². The third-order valence-corrected chi connectivity index (χ3v) is 3.59. The molecule has 10 nitrogen and oxygen atoms in total. The number of methoxy groups -OCH3 is 2. The molecule has 0 amide bonds. The van der Waals surface area contributed by atoms with Crippen molar-refractivity contribution in [3.8, 4) is 11.6 Å². The molecule has 0 fully saturated rings. The summed E-state index contributed by atoms with van der Waals surface area (Å²) in [6, 6.07) is 5.89. The highest BCUT2D eigenvalue weighted by molar-refractivity contribution is 5.80. The average molecular weight is 374 g/mol. The number of hydrogen-bond acceptors (Lipinski definition) is 9. The fraction of sp³-hybridized carbons (Fsp3) is 0.294. The number of anilines is 1. The second-order valence-electron chi connectivity index (χ2n) is 5.45. The average Bonchev–Trinajstić information content (AvgIpc) is 3.11. The van der Waals surface area contributed by atoms with E-state index >= 15 is 0 Å². The van der Waals surface area contributed by atoms with Gasteiger partial charge in [-0.2, -0.15) is 5.06 Å². The van der Waals surface area contributed by atoms with Crippen molar-refractivity contribution in [2.75, 3.05) is 25.9 Å². The molecule has 0 aliphatic carbocycles. The van der Waals surface area contributed by atoms with Crippen LogP contribution in [0.2, 0.25) is 0 Å². The molecule has 10 heteroatoms. The Labute approximate surface area is 154 Å². The minimum Gasteiger partial charge on any atom is -0.491 e. The Morgan fingerprint density at radius 3 is 2.81 bits per heavy atom. The van der Waals surface area contributed by atoms with E-state index in [1.54, 1.807) is 12.3 Å². The highest BCUT2D eigenvalue weighted by atomic mass is 16.7. The number of carbonyl (C=O) groups is 1. The lowest BCUT2D eigenvalue weighted by molar-refractivity contribution is -0.138. The Kier molecular flexibility index (Phi) is 5.67. The van der Waals surface area contributed by atoms with Crippen LogP contribution in [-0.2, 0) is 21.0 Å². The fourth-order valence-electron chi connectivity index (χ4n) is 2.37. The first kappa shape index (κ1) is 18.4. The van der Waals surface area contributed by atoms with Gasteiger partial charge in [-0.05, 0) is 18.2 Å². The predicted octanol–water partition coefficient (Wildman–Crippen LogP) is 1.19. The monoisotopic (exact) mass is 374 g/mol. The molecule has 1 aliphatic heterocycles. The van der Waals surface area contributed by atoms with E-state index in [2.05, 4.69) is 15.2 Å². The van der Waals surface area contributed by atoms with E-state index in [-0.39, 0.29) is 30.7 Å². The zero-order valence-electron chi connectivity index (χ0n) is 14.7. The van der Waals surface area contributed by atoms with Gasteiger partial charge in [-0.15, -0.1) is 10.2 Å². The van der Waals surface area contributed by atoms with Crippen LogP contribution in [0, 0.1) is 0 Å². The first-order valence-corrected chi connectivity index (χ1v) is 7.96. The van der Waals surface area contributed by atoms with Crippen LogP contribution < -0.4 is 14.5 Å². The number of pyridine rings is 1. The maximum Gasteiger partial charge on any atom is 0.334 e. The number of carboxylic acid groups (broad SMARTS) is 1. The number of rotatable bonds is 8. The summed E-state index contributed by atoms with van der Waals surface area (Å²) in [5.41, 5.74) is 0.715. The predicted molar refractivity (Wildman–Crippen MR) is 92.1 cm³/mol. The Bertz CT molecular complexity index is 829. The van der Waals surface area contributed by atoms with E-state index in [1.807, 2.05) is 12.1 Å². The molecule has 1 N–H and O–H groups in total. The van der Waals surface area contributed by atoms with Crippen molar-refractivity contribution in [1.82, 2.24) is 15.2 Å². The molecule has 3 heterocycles. The number of nitrogens with zero attached hydrogens (tertiary/aromatic N) is 4. The van der Waals surface area contributed by atoms with Crippen molar-refractivity contribution < 1.29 is 28.9 Å². The van der Waals surface area contributed by atoms with Gasteiger partial charge < -0.3 is 24.2 Å². The molecule has 1 atom stereocenters. The molecule has 0 saturated heterocycles. The first-order chi connectivity index (χ1) is 13.1. The molecule has 0 aromatic carbocycles. The van der Waals surface area contributed by atoms with Crippen LogP contribution in [0.1, 0.15) is 5.69 Å². The second-order valence-corrected chi connectivity index (χ2v) is 5.45. The van der Waals surface area contributed by atoms with Gasteiger partial charge in [0.15, 0.2) is 23.4 Å². The quantitative estimate of drug-likeness (QED) is 0.722. The number of aliphatic carboxylic acids is 1. The van der Waals surface area contributed by atoms with Crippen LogP contribution in [0.5, 0.6) is 11.6 Å². The van der Waals surface area contributed by atoms with Gasteiger partial charge in [0.05, 0.1) is 12.8 Å². The molecule has 0 radical (unpaired) electrons. The van der Waals surface area contributed by atoms with E-state index in [0.29, 0.717) is 11.5 Å². The molecule has 3 rings (SSSR count). The van der Waals surface area contributed by atoms with Gasteiger partial charge in [0, 0.05) is 19.4 Å². The third-order valence-electron chi connectivity index (χ3n) is 3.59. The van der Waals surface area contributed by atoms with E-state index < -0.39 is 12.0 Å². The summed E-state index contributed by atoms with van der Waals surface area (Å²) in [5, 5.41) is 18.5. The van der Waals surface area contributed by atoms with Crippen molar-refractivity contribution in [3.05, 3.63) is 48.0 Å². The summed E-state index contributed by atoms with van der Waals surface area (Å²) in [7, 11) is 2.93. The van der Waals surface area contributed by atoms with Crippen LogP contribution in [0.3, 0.4) is 0 Å². The van der Waals surface area contributed by atoms with E-state index in [1.165, 1.54) is 26.4 Å². The van der Waals surface area contributed by atoms with Gasteiger partial charge in [0.1, 0.15) is 13.2 Å². The van der Waals surface area contributed by atoms with Crippen molar-refractivity contribution in [2.24, 2.45) is 0 Å². The Morgan fingerprint density at radius 1 is 1.30 bits per heavy atom. The largest absolute Gasteiger partial charge is 0.491 e. The van der Waals surface area contributed by atoms with Crippen LogP contribution in [0.4, 0.5) is 5.82 Å². The van der Waals surface area contributed by atoms with Gasteiger partial charge in [0.25, 0.3) is 5.88 Å². The molecule has 2 aromatic heterocycles. The van der Waals surface area contributed by atoms with Gasteiger partial charge in [0.2, 0.25) is 0 Å². The van der Waals surface area contributed by atoms with Crippen molar-refractivity contribution in [3.63, 3.8) is 0 Å². The lowest BCUT2D eigenvalue weighted by Gasteiger charge is -2.21. The number of hydroxylamine groups is 1. The topological polar surface area (TPSA) is 116 Å².